The number of guanidine groups is 1. The number of hydrogen-bond acceptors (Lipinski definition) is 3. The quantitative estimate of drug-likeness (QED) is 0.377. The molecule has 0 radical (unpaired) electrons. The highest BCUT2D eigenvalue weighted by atomic mass is 127. The molecule has 0 aliphatic carbocycles. The van der Waals surface area contributed by atoms with E-state index < -0.39 is 0 Å². The van der Waals surface area contributed by atoms with Gasteiger partial charge in [-0.3, -0.25) is 4.99 Å². The Morgan fingerprint density at radius 3 is 2.56 bits per heavy atom. The summed E-state index contributed by atoms with van der Waals surface area (Å²) in [6.45, 7) is 10.2. The first-order valence-corrected chi connectivity index (χ1v) is 9.31. The third kappa shape index (κ3) is 6.58. The second-order valence-corrected chi connectivity index (χ2v) is 7.28. The van der Waals surface area contributed by atoms with Crippen LogP contribution in [0.15, 0.2) is 23.2 Å². The number of aryl methyl sites for hydroxylation is 4. The summed E-state index contributed by atoms with van der Waals surface area (Å²) < 4.78 is 0. The number of nitrogens with one attached hydrogen (secondary N) is 2. The van der Waals surface area contributed by atoms with Crippen LogP contribution >= 0.6 is 35.3 Å². The van der Waals surface area contributed by atoms with E-state index in [-0.39, 0.29) is 24.0 Å². The van der Waals surface area contributed by atoms with Crippen LogP contribution in [0, 0.1) is 20.8 Å². The zero-order valence-electron chi connectivity index (χ0n) is 15.8. The van der Waals surface area contributed by atoms with Gasteiger partial charge in [-0.25, -0.2) is 4.98 Å². The standard InChI is InChI=1S/C19H28N4S.HI/c1-6-17-15(4)24-18(23-17)9-10-21-19(20-5)22-12-16-8-7-13(2)11-14(16)3;/h7-8,11H,6,9-10,12H2,1-5H3,(H2,20,21,22);1H. The van der Waals surface area contributed by atoms with E-state index in [0.29, 0.717) is 0 Å². The van der Waals surface area contributed by atoms with E-state index >= 15 is 0 Å². The summed E-state index contributed by atoms with van der Waals surface area (Å²) in [4.78, 5) is 10.3. The largest absolute Gasteiger partial charge is 0.356 e. The molecular formula is C19H29IN4S. The molecule has 0 spiro atoms. The molecule has 0 atom stereocenters. The normalized spacial score (nSPS) is 11.2. The molecular weight excluding hydrogens is 443 g/mol. The van der Waals surface area contributed by atoms with Crippen molar-refractivity contribution in [2.45, 2.75) is 47.1 Å². The average molecular weight is 472 g/mol. The van der Waals surface area contributed by atoms with Gasteiger partial charge in [0.05, 0.1) is 10.7 Å². The Balaban J connectivity index is 0.00000312. The fourth-order valence-electron chi connectivity index (χ4n) is 2.65. The van der Waals surface area contributed by atoms with E-state index in [2.05, 4.69) is 66.5 Å². The fraction of sp³-hybridized carbons (Fsp3) is 0.474. The van der Waals surface area contributed by atoms with Gasteiger partial charge in [0.1, 0.15) is 0 Å². The first-order chi connectivity index (χ1) is 11.5. The van der Waals surface area contributed by atoms with Crippen LogP contribution in [0.4, 0.5) is 0 Å². The maximum Gasteiger partial charge on any atom is 0.191 e. The first kappa shape index (κ1) is 21.9. The number of hydrogen-bond donors (Lipinski definition) is 2. The second kappa shape index (κ2) is 10.8. The highest BCUT2D eigenvalue weighted by Gasteiger charge is 2.06. The Hall–Kier alpha value is -1.15. The van der Waals surface area contributed by atoms with Crippen molar-refractivity contribution in [3.05, 3.63) is 50.5 Å². The molecule has 0 bridgehead atoms. The number of aliphatic imine (C=N–C) groups is 1. The Labute approximate surface area is 172 Å². The second-order valence-electron chi connectivity index (χ2n) is 6.00. The minimum absolute atomic E-state index is 0. The van der Waals surface area contributed by atoms with E-state index in [4.69, 9.17) is 0 Å². The summed E-state index contributed by atoms with van der Waals surface area (Å²) in [5, 5.41) is 7.95. The third-order valence-corrected chi connectivity index (χ3v) is 5.14. The van der Waals surface area contributed by atoms with Crippen molar-refractivity contribution in [1.29, 1.82) is 0 Å². The van der Waals surface area contributed by atoms with Gasteiger partial charge in [-0.15, -0.1) is 35.3 Å². The van der Waals surface area contributed by atoms with Gasteiger partial charge in [-0.1, -0.05) is 30.7 Å². The van der Waals surface area contributed by atoms with E-state index in [1.165, 1.54) is 32.3 Å². The van der Waals surface area contributed by atoms with Crippen LogP contribution in [0.3, 0.4) is 0 Å². The fourth-order valence-corrected chi connectivity index (χ4v) is 3.68. The minimum atomic E-state index is 0. The molecule has 4 nitrogen and oxygen atoms in total. The maximum atomic E-state index is 4.68. The van der Waals surface area contributed by atoms with Crippen molar-refractivity contribution < 1.29 is 0 Å². The zero-order valence-corrected chi connectivity index (χ0v) is 18.9. The average Bonchev–Trinajstić information content (AvgIpc) is 2.92. The van der Waals surface area contributed by atoms with Crippen LogP contribution in [-0.4, -0.2) is 24.5 Å². The summed E-state index contributed by atoms with van der Waals surface area (Å²) in [6, 6.07) is 6.54. The van der Waals surface area contributed by atoms with Crippen LogP contribution < -0.4 is 10.6 Å². The molecule has 0 fully saturated rings. The summed E-state index contributed by atoms with van der Waals surface area (Å²) >= 11 is 1.80. The number of benzene rings is 1. The molecule has 2 N–H and O–H groups in total. The lowest BCUT2D eigenvalue weighted by Gasteiger charge is -2.13. The first-order valence-electron chi connectivity index (χ1n) is 8.49. The van der Waals surface area contributed by atoms with Crippen LogP contribution in [0.25, 0.3) is 0 Å². The lowest BCUT2D eigenvalue weighted by Crippen LogP contribution is -2.38. The van der Waals surface area contributed by atoms with E-state index in [9.17, 15) is 0 Å². The van der Waals surface area contributed by atoms with Gasteiger partial charge < -0.3 is 10.6 Å². The van der Waals surface area contributed by atoms with Crippen LogP contribution in [0.1, 0.15) is 39.2 Å². The molecule has 2 rings (SSSR count). The summed E-state index contributed by atoms with van der Waals surface area (Å²) in [7, 11) is 1.81. The van der Waals surface area contributed by atoms with Gasteiger partial charge in [0, 0.05) is 31.4 Å². The van der Waals surface area contributed by atoms with Gasteiger partial charge in [0.25, 0.3) is 0 Å². The zero-order chi connectivity index (χ0) is 17.5. The molecule has 1 aromatic carbocycles. The summed E-state index contributed by atoms with van der Waals surface area (Å²) in [5.74, 6) is 0.832. The van der Waals surface area contributed by atoms with Crippen LogP contribution in [-0.2, 0) is 19.4 Å². The van der Waals surface area contributed by atoms with Crippen molar-refractivity contribution in [2.24, 2.45) is 4.99 Å². The predicted molar refractivity (Wildman–Crippen MR) is 119 cm³/mol. The van der Waals surface area contributed by atoms with Gasteiger partial charge >= 0.3 is 0 Å². The lowest BCUT2D eigenvalue weighted by atomic mass is 10.1. The molecule has 0 unspecified atom stereocenters. The highest BCUT2D eigenvalue weighted by molar-refractivity contribution is 14.0. The Kier molecular flexibility index (Phi) is 9.42. The smallest absolute Gasteiger partial charge is 0.191 e. The van der Waals surface area contributed by atoms with Crippen LogP contribution in [0.5, 0.6) is 0 Å². The molecule has 1 aromatic heterocycles. The molecule has 0 amide bonds. The maximum absolute atomic E-state index is 4.68. The van der Waals surface area contributed by atoms with Crippen molar-refractivity contribution in [3.63, 3.8) is 0 Å². The summed E-state index contributed by atoms with van der Waals surface area (Å²) in [5.41, 5.74) is 5.13. The van der Waals surface area contributed by atoms with Crippen LogP contribution in [0.2, 0.25) is 0 Å². The van der Waals surface area contributed by atoms with E-state index in [1.54, 1.807) is 18.4 Å². The van der Waals surface area contributed by atoms with Gasteiger partial charge in [0.2, 0.25) is 0 Å². The van der Waals surface area contributed by atoms with Crippen molar-refractivity contribution >= 4 is 41.3 Å². The number of nitrogens with zero attached hydrogens (tertiary/aromatic N) is 2. The van der Waals surface area contributed by atoms with Crippen molar-refractivity contribution in [3.8, 4) is 0 Å². The summed E-state index contributed by atoms with van der Waals surface area (Å²) in [6.07, 6.45) is 1.94. The molecule has 2 aromatic rings. The molecule has 1 heterocycles. The molecule has 138 valence electrons. The Bertz CT molecular complexity index is 709. The molecule has 0 saturated heterocycles. The molecule has 6 heteroatoms. The van der Waals surface area contributed by atoms with E-state index in [0.717, 1.165) is 31.9 Å². The SMILES string of the molecule is CCc1nc(CCNC(=NC)NCc2ccc(C)cc2C)sc1C.I. The predicted octanol–water partition coefficient (Wildman–Crippen LogP) is 4.16. The van der Waals surface area contributed by atoms with E-state index in [1.807, 2.05) is 0 Å². The lowest BCUT2D eigenvalue weighted by molar-refractivity contribution is 0.787. The molecule has 0 aliphatic rings. The van der Waals surface area contributed by atoms with Gasteiger partial charge in [0.15, 0.2) is 5.96 Å². The number of aromatic nitrogens is 1. The Morgan fingerprint density at radius 1 is 1.20 bits per heavy atom. The van der Waals surface area contributed by atoms with Crippen molar-refractivity contribution in [1.82, 2.24) is 15.6 Å². The van der Waals surface area contributed by atoms with Gasteiger partial charge in [-0.2, -0.15) is 0 Å². The third-order valence-electron chi connectivity index (χ3n) is 4.07. The number of halogens is 1. The highest BCUT2D eigenvalue weighted by Crippen LogP contribution is 2.18. The monoisotopic (exact) mass is 472 g/mol. The van der Waals surface area contributed by atoms with Crippen molar-refractivity contribution in [2.75, 3.05) is 13.6 Å². The number of rotatable bonds is 6. The Morgan fingerprint density at radius 2 is 1.96 bits per heavy atom. The molecule has 0 aliphatic heterocycles. The number of thiazole rings is 1. The molecule has 25 heavy (non-hydrogen) atoms. The minimum Gasteiger partial charge on any atom is -0.356 e. The van der Waals surface area contributed by atoms with Gasteiger partial charge in [-0.05, 0) is 38.3 Å². The molecule has 0 saturated carbocycles. The topological polar surface area (TPSA) is 49.3 Å².